The van der Waals surface area contributed by atoms with Crippen molar-refractivity contribution in [1.82, 2.24) is 4.90 Å². The molecule has 1 saturated carbocycles. The van der Waals surface area contributed by atoms with Crippen molar-refractivity contribution >= 4 is 11.8 Å². The molecule has 1 aliphatic heterocycles. The molecule has 1 amide bonds. The Morgan fingerprint density at radius 1 is 1.18 bits per heavy atom. The van der Waals surface area contributed by atoms with Crippen molar-refractivity contribution in [2.24, 2.45) is 5.92 Å². The molecule has 1 heterocycles. The summed E-state index contributed by atoms with van der Waals surface area (Å²) in [5, 5.41) is 0. The van der Waals surface area contributed by atoms with Crippen LogP contribution < -0.4 is 9.64 Å². The number of fused-ring (bicyclic) bond motifs is 1. The van der Waals surface area contributed by atoms with Gasteiger partial charge >= 0.3 is 6.09 Å². The first-order valence-corrected chi connectivity index (χ1v) is 13.0. The molecule has 0 spiro atoms. The van der Waals surface area contributed by atoms with E-state index in [-0.39, 0.29) is 17.6 Å². The van der Waals surface area contributed by atoms with Gasteiger partial charge in [0.15, 0.2) is 0 Å². The molecule has 0 radical (unpaired) electrons. The van der Waals surface area contributed by atoms with E-state index in [9.17, 15) is 4.79 Å². The Bertz CT molecular complexity index is 1020. The first-order valence-electron chi connectivity index (χ1n) is 13.0. The van der Waals surface area contributed by atoms with Crippen LogP contribution in [0.4, 0.5) is 10.5 Å². The van der Waals surface area contributed by atoms with E-state index in [4.69, 9.17) is 9.47 Å². The van der Waals surface area contributed by atoms with Gasteiger partial charge in [-0.2, -0.15) is 0 Å². The summed E-state index contributed by atoms with van der Waals surface area (Å²) in [5.74, 6) is 1.48. The summed E-state index contributed by atoms with van der Waals surface area (Å²) in [6.45, 7) is 4.30. The number of benzene rings is 2. The quantitative estimate of drug-likeness (QED) is 0.533. The maximum Gasteiger partial charge on any atom is 0.410 e. The molecule has 34 heavy (non-hydrogen) atoms. The molecule has 3 atom stereocenters. The maximum absolute atomic E-state index is 13.3. The van der Waals surface area contributed by atoms with Gasteiger partial charge in [-0.05, 0) is 66.8 Å². The number of ether oxygens (including phenoxy) is 2. The molecule has 3 aliphatic rings. The number of carbonyl (C=O) groups excluding carboxylic acids is 1. The molecular formula is C29H38N2O3. The van der Waals surface area contributed by atoms with Crippen LogP contribution in [0, 0.1) is 5.92 Å². The van der Waals surface area contributed by atoms with E-state index in [0.717, 1.165) is 49.4 Å². The lowest BCUT2D eigenvalue weighted by Crippen LogP contribution is -2.62. The van der Waals surface area contributed by atoms with Gasteiger partial charge in [-0.3, -0.25) is 0 Å². The first-order chi connectivity index (χ1) is 16.6. The highest BCUT2D eigenvalue weighted by Gasteiger charge is 2.55. The van der Waals surface area contributed by atoms with Gasteiger partial charge in [0.2, 0.25) is 0 Å². The van der Waals surface area contributed by atoms with Gasteiger partial charge in [-0.25, -0.2) is 4.79 Å². The highest BCUT2D eigenvalue weighted by molar-refractivity contribution is 5.70. The lowest BCUT2D eigenvalue weighted by atomic mass is 9.52. The van der Waals surface area contributed by atoms with E-state index in [1.165, 1.54) is 36.8 Å². The van der Waals surface area contributed by atoms with Crippen molar-refractivity contribution in [1.29, 1.82) is 0 Å². The van der Waals surface area contributed by atoms with Crippen molar-refractivity contribution in [3.8, 4) is 5.75 Å². The van der Waals surface area contributed by atoms with Gasteiger partial charge in [0.25, 0.3) is 0 Å². The van der Waals surface area contributed by atoms with Gasteiger partial charge in [0, 0.05) is 31.6 Å². The molecule has 182 valence electrons. The molecule has 2 aromatic rings. The standard InChI is InChI=1S/C29H38N2O3/c1-4-15-30(2)26-18-22-17-25-23-12-8-9-13-29(23,24(22)19-27(26)33-3)14-16-31(25)28(32)34-20-21-10-6-5-7-11-21/h5-7,10-11,18-19,23,25H,4,8-9,12-17,20H2,1-3H3/t23-,25+,29+/m1/s1. The second kappa shape index (κ2) is 9.52. The van der Waals surface area contributed by atoms with E-state index < -0.39 is 0 Å². The molecule has 2 fully saturated rings. The van der Waals surface area contributed by atoms with Crippen LogP contribution in [0.3, 0.4) is 0 Å². The average Bonchev–Trinajstić information content (AvgIpc) is 2.87. The lowest BCUT2D eigenvalue weighted by molar-refractivity contribution is -0.0137. The van der Waals surface area contributed by atoms with Crippen LogP contribution in [0.1, 0.15) is 62.1 Å². The van der Waals surface area contributed by atoms with Crippen molar-refractivity contribution < 1.29 is 14.3 Å². The number of nitrogens with zero attached hydrogens (tertiary/aromatic N) is 2. The summed E-state index contributed by atoms with van der Waals surface area (Å²) in [4.78, 5) is 17.6. The number of anilines is 1. The fourth-order valence-electron chi connectivity index (χ4n) is 6.98. The summed E-state index contributed by atoms with van der Waals surface area (Å²) in [5.41, 5.74) is 5.22. The summed E-state index contributed by atoms with van der Waals surface area (Å²) in [6.07, 6.45) is 7.75. The number of likely N-dealkylation sites (tertiary alicyclic amines) is 1. The van der Waals surface area contributed by atoms with Crippen LogP contribution in [0.2, 0.25) is 0 Å². The van der Waals surface area contributed by atoms with Crippen LogP contribution in [0.5, 0.6) is 5.75 Å². The highest BCUT2D eigenvalue weighted by Crippen LogP contribution is 2.57. The Hall–Kier alpha value is -2.69. The average molecular weight is 463 g/mol. The predicted octanol–water partition coefficient (Wildman–Crippen LogP) is 5.94. The Balaban J connectivity index is 1.46. The fourth-order valence-corrected chi connectivity index (χ4v) is 6.98. The van der Waals surface area contributed by atoms with E-state index in [2.05, 4.69) is 35.9 Å². The normalized spacial score (nSPS) is 25.2. The molecule has 0 aromatic heterocycles. The zero-order chi connectivity index (χ0) is 23.7. The summed E-state index contributed by atoms with van der Waals surface area (Å²) < 4.78 is 11.7. The Kier molecular flexibility index (Phi) is 6.46. The monoisotopic (exact) mass is 462 g/mol. The minimum absolute atomic E-state index is 0.155. The van der Waals surface area contributed by atoms with Gasteiger partial charge in [0.05, 0.1) is 12.8 Å². The van der Waals surface area contributed by atoms with Crippen LogP contribution in [0.15, 0.2) is 42.5 Å². The number of amides is 1. The maximum atomic E-state index is 13.3. The molecule has 0 N–H and O–H groups in total. The van der Waals surface area contributed by atoms with Crippen LogP contribution in [-0.4, -0.2) is 44.3 Å². The molecule has 2 aliphatic carbocycles. The summed E-state index contributed by atoms with van der Waals surface area (Å²) in [7, 11) is 3.93. The molecule has 5 rings (SSSR count). The largest absolute Gasteiger partial charge is 0.495 e. The van der Waals surface area contributed by atoms with Crippen LogP contribution in [0.25, 0.3) is 0 Å². The lowest BCUT2D eigenvalue weighted by Gasteiger charge is -2.58. The summed E-state index contributed by atoms with van der Waals surface area (Å²) in [6, 6.07) is 14.9. The highest BCUT2D eigenvalue weighted by atomic mass is 16.6. The van der Waals surface area contributed by atoms with Crippen molar-refractivity contribution in [2.75, 3.05) is 32.1 Å². The third-order valence-corrected chi connectivity index (χ3v) is 8.54. The molecule has 1 saturated heterocycles. The molecule has 2 bridgehead atoms. The second-order valence-electron chi connectivity index (χ2n) is 10.4. The van der Waals surface area contributed by atoms with Crippen molar-refractivity contribution in [3.63, 3.8) is 0 Å². The molecular weight excluding hydrogens is 424 g/mol. The van der Waals surface area contributed by atoms with Gasteiger partial charge in [0.1, 0.15) is 12.4 Å². The van der Waals surface area contributed by atoms with E-state index in [0.29, 0.717) is 12.5 Å². The van der Waals surface area contributed by atoms with Gasteiger partial charge < -0.3 is 19.3 Å². The van der Waals surface area contributed by atoms with Gasteiger partial charge in [-0.1, -0.05) is 50.1 Å². The van der Waals surface area contributed by atoms with Gasteiger partial charge in [-0.15, -0.1) is 0 Å². The Morgan fingerprint density at radius 3 is 2.76 bits per heavy atom. The molecule has 0 unspecified atom stereocenters. The second-order valence-corrected chi connectivity index (χ2v) is 10.4. The number of hydrogen-bond acceptors (Lipinski definition) is 4. The summed E-state index contributed by atoms with van der Waals surface area (Å²) >= 11 is 0. The third-order valence-electron chi connectivity index (χ3n) is 8.54. The molecule has 5 nitrogen and oxygen atoms in total. The minimum Gasteiger partial charge on any atom is -0.495 e. The number of rotatable bonds is 6. The topological polar surface area (TPSA) is 42.0 Å². The predicted molar refractivity (Wildman–Crippen MR) is 136 cm³/mol. The van der Waals surface area contributed by atoms with Crippen LogP contribution in [-0.2, 0) is 23.2 Å². The van der Waals surface area contributed by atoms with Crippen LogP contribution >= 0.6 is 0 Å². The number of piperidine rings is 1. The molecule has 5 heteroatoms. The van der Waals surface area contributed by atoms with E-state index in [1.807, 2.05) is 30.3 Å². The van der Waals surface area contributed by atoms with E-state index >= 15 is 0 Å². The third kappa shape index (κ3) is 3.93. The number of carbonyl (C=O) groups is 1. The van der Waals surface area contributed by atoms with E-state index in [1.54, 1.807) is 7.11 Å². The Labute approximate surface area is 204 Å². The van der Waals surface area contributed by atoms with Crippen molar-refractivity contribution in [2.45, 2.75) is 69.9 Å². The van der Waals surface area contributed by atoms with Crippen molar-refractivity contribution in [3.05, 3.63) is 59.2 Å². The fraction of sp³-hybridized carbons (Fsp3) is 0.552. The number of methoxy groups -OCH3 is 1. The number of hydrogen-bond donors (Lipinski definition) is 0. The Morgan fingerprint density at radius 2 is 2.00 bits per heavy atom. The smallest absolute Gasteiger partial charge is 0.410 e. The minimum atomic E-state index is -0.159. The molecule has 2 aromatic carbocycles. The SMILES string of the molecule is CCCN(C)c1cc2c(cc1OC)[C@]13CCCC[C@@H]1[C@H](C2)N(C(=O)OCc1ccccc1)CC3. The first kappa shape index (κ1) is 23.1. The zero-order valence-corrected chi connectivity index (χ0v) is 20.9. The zero-order valence-electron chi connectivity index (χ0n) is 20.9.